The highest BCUT2D eigenvalue weighted by molar-refractivity contribution is 7.92. The number of hydrogen-bond donors (Lipinski definition) is 2. The molecule has 1 aliphatic rings. The van der Waals surface area contributed by atoms with E-state index in [4.69, 9.17) is 19.2 Å². The summed E-state index contributed by atoms with van der Waals surface area (Å²) in [5, 5.41) is 9.98. The number of hydrogen-bond acceptors (Lipinski definition) is 10. The van der Waals surface area contributed by atoms with Gasteiger partial charge in [-0.1, -0.05) is 12.1 Å². The van der Waals surface area contributed by atoms with Crippen molar-refractivity contribution in [3.8, 4) is 34.6 Å². The average molecular weight is 557 g/mol. The van der Waals surface area contributed by atoms with Crippen molar-refractivity contribution in [2.75, 3.05) is 31.3 Å². The number of aromatic nitrogens is 5. The maximum absolute atomic E-state index is 12.9. The van der Waals surface area contributed by atoms with Crippen LogP contribution in [0.25, 0.3) is 28.5 Å². The van der Waals surface area contributed by atoms with Gasteiger partial charge >= 0.3 is 0 Å². The molecule has 13 heteroatoms. The molecule has 0 bridgehead atoms. The van der Waals surface area contributed by atoms with Crippen LogP contribution < -0.4 is 18.9 Å². The minimum atomic E-state index is -3.75. The third-order valence-corrected chi connectivity index (χ3v) is 7.84. The highest BCUT2D eigenvalue weighted by Gasteiger charge is 2.40. The van der Waals surface area contributed by atoms with Gasteiger partial charge < -0.3 is 19.3 Å². The summed E-state index contributed by atoms with van der Waals surface area (Å²) < 4.78 is 46.9. The summed E-state index contributed by atoms with van der Waals surface area (Å²) in [6.45, 7) is 4.01. The quantitative estimate of drug-likeness (QED) is 0.297. The van der Waals surface area contributed by atoms with E-state index in [1.54, 1.807) is 47.9 Å². The highest BCUT2D eigenvalue weighted by Crippen LogP contribution is 2.39. The molecule has 0 atom stereocenters. The zero-order valence-electron chi connectivity index (χ0n) is 22.1. The van der Waals surface area contributed by atoms with Crippen molar-refractivity contribution in [1.82, 2.24) is 24.5 Å². The Bertz CT molecular complexity index is 1600. The number of pyridine rings is 1. The SMILES string of the molecule is CCOc1cccc(-c2nc3ncc(NS(=O)(=O)CC4CC(C)(O)C4)nc3n2-c2c(OC)cccc2OC)n1.[HH]. The summed E-state index contributed by atoms with van der Waals surface area (Å²) in [5.74, 6) is 1.53. The van der Waals surface area contributed by atoms with E-state index in [2.05, 4.69) is 19.7 Å². The lowest BCUT2D eigenvalue weighted by atomic mass is 9.73. The Hall–Kier alpha value is -3.97. The minimum absolute atomic E-state index is 0. The van der Waals surface area contributed by atoms with Crippen LogP contribution in [0.2, 0.25) is 0 Å². The number of methoxy groups -OCH3 is 2. The molecule has 1 saturated carbocycles. The van der Waals surface area contributed by atoms with Crippen LogP contribution in [0.3, 0.4) is 0 Å². The lowest BCUT2D eigenvalue weighted by Gasteiger charge is -2.40. The number of benzene rings is 1. The van der Waals surface area contributed by atoms with E-state index in [1.807, 2.05) is 6.92 Å². The summed E-state index contributed by atoms with van der Waals surface area (Å²) in [7, 11) is -0.674. The molecule has 3 aromatic heterocycles. The molecule has 39 heavy (non-hydrogen) atoms. The van der Waals surface area contributed by atoms with Gasteiger partial charge in [-0.2, -0.15) is 0 Å². The first kappa shape index (κ1) is 26.6. The van der Waals surface area contributed by atoms with Crippen molar-refractivity contribution < 1.29 is 29.2 Å². The number of fused-ring (bicyclic) bond motifs is 1. The topological polar surface area (TPSA) is 151 Å². The fraction of sp³-hybridized carbons (Fsp3) is 0.385. The molecular weight excluding hydrogens is 524 g/mol. The molecule has 0 saturated heterocycles. The van der Waals surface area contributed by atoms with Crippen molar-refractivity contribution in [3.63, 3.8) is 0 Å². The number of aliphatic hydroxyl groups is 1. The number of nitrogens with one attached hydrogen (secondary N) is 1. The summed E-state index contributed by atoms with van der Waals surface area (Å²) in [6, 6.07) is 10.6. The van der Waals surface area contributed by atoms with Gasteiger partial charge in [0.05, 0.1) is 38.4 Å². The van der Waals surface area contributed by atoms with Gasteiger partial charge in [0.2, 0.25) is 15.9 Å². The molecular formula is C26H32N6O6S. The second kappa shape index (κ2) is 10.3. The highest BCUT2D eigenvalue weighted by atomic mass is 32.2. The van der Waals surface area contributed by atoms with Crippen LogP contribution in [0.1, 0.15) is 28.1 Å². The third kappa shape index (κ3) is 5.45. The Balaban J connectivity index is 0.00000370. The molecule has 208 valence electrons. The fourth-order valence-corrected chi connectivity index (χ4v) is 6.27. The van der Waals surface area contributed by atoms with Crippen molar-refractivity contribution in [1.29, 1.82) is 0 Å². The number of nitrogens with zero attached hydrogens (tertiary/aromatic N) is 5. The van der Waals surface area contributed by atoms with Crippen molar-refractivity contribution in [2.24, 2.45) is 5.92 Å². The number of imidazole rings is 1. The zero-order chi connectivity index (χ0) is 27.8. The van der Waals surface area contributed by atoms with Crippen molar-refractivity contribution in [2.45, 2.75) is 32.3 Å². The standard InChI is InChI=1S/C26H30N6O6S.H2/c1-5-38-21-11-6-8-17(28-21)24-30-23-25(32(24)22-18(36-3)9-7-10-19(22)37-4)29-20(14-27-23)31-39(34,35)15-16-12-26(2,33)13-16;/h6-11,14,16,33H,5,12-13,15H2,1-4H3,(H,29,31);1H. The first-order valence-electron chi connectivity index (χ1n) is 12.4. The van der Waals surface area contributed by atoms with Crippen LogP contribution in [-0.2, 0) is 10.0 Å². The summed E-state index contributed by atoms with van der Waals surface area (Å²) >= 11 is 0. The van der Waals surface area contributed by atoms with E-state index in [-0.39, 0.29) is 30.2 Å². The van der Waals surface area contributed by atoms with Gasteiger partial charge in [-0.05, 0) is 50.8 Å². The molecule has 4 aromatic rings. The van der Waals surface area contributed by atoms with Crippen LogP contribution in [0, 0.1) is 5.92 Å². The first-order chi connectivity index (χ1) is 18.6. The number of rotatable bonds is 10. The number of sulfonamides is 1. The second-order valence-corrected chi connectivity index (χ2v) is 11.4. The summed E-state index contributed by atoms with van der Waals surface area (Å²) in [5.41, 5.74) is 0.688. The van der Waals surface area contributed by atoms with Gasteiger partial charge in [0.25, 0.3) is 0 Å². The van der Waals surface area contributed by atoms with E-state index in [9.17, 15) is 13.5 Å². The zero-order valence-corrected chi connectivity index (χ0v) is 22.9. The smallest absolute Gasteiger partial charge is 0.234 e. The maximum atomic E-state index is 12.9. The van der Waals surface area contributed by atoms with Crippen LogP contribution in [-0.4, -0.2) is 70.2 Å². The predicted octanol–water partition coefficient (Wildman–Crippen LogP) is 3.44. The fourth-order valence-electron chi connectivity index (χ4n) is 4.92. The van der Waals surface area contributed by atoms with E-state index < -0.39 is 15.6 Å². The molecule has 12 nitrogen and oxygen atoms in total. The Morgan fingerprint density at radius 2 is 1.79 bits per heavy atom. The Morgan fingerprint density at radius 1 is 1.10 bits per heavy atom. The van der Waals surface area contributed by atoms with Gasteiger partial charge in [0, 0.05) is 7.49 Å². The lowest BCUT2D eigenvalue weighted by molar-refractivity contribution is -0.0494. The van der Waals surface area contributed by atoms with Gasteiger partial charge in [-0.15, -0.1) is 0 Å². The molecule has 0 spiro atoms. The molecule has 3 heterocycles. The molecule has 1 fully saturated rings. The van der Waals surface area contributed by atoms with Crippen LogP contribution in [0.4, 0.5) is 5.82 Å². The third-order valence-electron chi connectivity index (χ3n) is 6.41. The maximum Gasteiger partial charge on any atom is 0.234 e. The predicted molar refractivity (Wildman–Crippen MR) is 147 cm³/mol. The summed E-state index contributed by atoms with van der Waals surface area (Å²) in [6.07, 6.45) is 2.17. The average Bonchev–Trinajstić information content (AvgIpc) is 3.25. The molecule has 5 rings (SSSR count). The van der Waals surface area contributed by atoms with E-state index >= 15 is 0 Å². The molecule has 1 aliphatic carbocycles. The summed E-state index contributed by atoms with van der Waals surface area (Å²) in [4.78, 5) is 18.3. The monoisotopic (exact) mass is 556 g/mol. The van der Waals surface area contributed by atoms with Gasteiger partial charge in [0.1, 0.15) is 22.9 Å². The molecule has 0 aliphatic heterocycles. The lowest BCUT2D eigenvalue weighted by Crippen LogP contribution is -2.44. The largest absolute Gasteiger partial charge is 0.494 e. The van der Waals surface area contributed by atoms with Crippen LogP contribution in [0.5, 0.6) is 17.4 Å². The van der Waals surface area contributed by atoms with E-state index in [0.29, 0.717) is 54.0 Å². The Kier molecular flexibility index (Phi) is 7.03. The van der Waals surface area contributed by atoms with E-state index in [0.717, 1.165) is 0 Å². The molecule has 0 amide bonds. The second-order valence-electron chi connectivity index (χ2n) is 9.63. The van der Waals surface area contributed by atoms with Gasteiger partial charge in [-0.25, -0.2) is 28.4 Å². The number of para-hydroxylation sites is 1. The minimum Gasteiger partial charge on any atom is -0.494 e. The Labute approximate surface area is 227 Å². The molecule has 0 radical (unpaired) electrons. The van der Waals surface area contributed by atoms with Crippen molar-refractivity contribution in [3.05, 3.63) is 42.6 Å². The van der Waals surface area contributed by atoms with Crippen molar-refractivity contribution >= 4 is 27.1 Å². The number of ether oxygens (including phenoxy) is 3. The van der Waals surface area contributed by atoms with E-state index in [1.165, 1.54) is 20.4 Å². The molecule has 0 unspecified atom stereocenters. The number of anilines is 1. The van der Waals surface area contributed by atoms with Gasteiger partial charge in [0.15, 0.2) is 22.9 Å². The first-order valence-corrected chi connectivity index (χ1v) is 14.1. The Morgan fingerprint density at radius 3 is 2.44 bits per heavy atom. The molecule has 2 N–H and O–H groups in total. The van der Waals surface area contributed by atoms with Crippen LogP contribution >= 0.6 is 0 Å². The van der Waals surface area contributed by atoms with Gasteiger partial charge in [-0.3, -0.25) is 9.29 Å². The normalized spacial score (nSPS) is 18.9. The molecule has 1 aromatic carbocycles. The van der Waals surface area contributed by atoms with Crippen LogP contribution in [0.15, 0.2) is 42.6 Å².